The molecule has 1 saturated heterocycles. The van der Waals surface area contributed by atoms with Gasteiger partial charge in [0, 0.05) is 5.69 Å². The Morgan fingerprint density at radius 1 is 0.917 bits per heavy atom. The van der Waals surface area contributed by atoms with Gasteiger partial charge in [0.25, 0.3) is 5.91 Å². The van der Waals surface area contributed by atoms with Gasteiger partial charge in [-0.1, -0.05) is 29.8 Å². The zero-order chi connectivity index (χ0) is 17.4. The number of aryl methyl sites for hydroxylation is 4. The van der Waals surface area contributed by atoms with Crippen LogP contribution in [0.5, 0.6) is 0 Å². The van der Waals surface area contributed by atoms with Crippen LogP contribution in [0.25, 0.3) is 0 Å². The maximum atomic E-state index is 12.8. The van der Waals surface area contributed by atoms with Crippen LogP contribution in [0.2, 0.25) is 0 Å². The standard InChI is InChI=1S/C20H22N2O2/c1-12-6-8-16(15(4)9-12)21-17-11-19(23)22(20(17)24)18-10-13(2)5-7-14(18)3/h5-10,17,21H,11H2,1-4H3/t17-/m0/s1. The van der Waals surface area contributed by atoms with E-state index in [1.165, 1.54) is 10.5 Å². The third kappa shape index (κ3) is 2.92. The molecule has 1 fully saturated rings. The predicted octanol–water partition coefficient (Wildman–Crippen LogP) is 3.66. The van der Waals surface area contributed by atoms with E-state index in [0.717, 1.165) is 22.4 Å². The van der Waals surface area contributed by atoms with Gasteiger partial charge in [-0.3, -0.25) is 9.59 Å². The van der Waals surface area contributed by atoms with Gasteiger partial charge in [0.1, 0.15) is 6.04 Å². The minimum absolute atomic E-state index is 0.157. The van der Waals surface area contributed by atoms with Gasteiger partial charge in [-0.2, -0.15) is 0 Å². The first kappa shape index (κ1) is 16.2. The molecule has 1 aliphatic rings. The average Bonchev–Trinajstić information content (AvgIpc) is 2.79. The monoisotopic (exact) mass is 322 g/mol. The minimum Gasteiger partial charge on any atom is -0.373 e. The average molecular weight is 322 g/mol. The number of hydrogen-bond acceptors (Lipinski definition) is 3. The Balaban J connectivity index is 1.87. The molecule has 1 N–H and O–H groups in total. The van der Waals surface area contributed by atoms with Crippen LogP contribution in [0.1, 0.15) is 28.7 Å². The van der Waals surface area contributed by atoms with Gasteiger partial charge in [0.15, 0.2) is 0 Å². The Kier molecular flexibility index (Phi) is 4.14. The van der Waals surface area contributed by atoms with Crippen LogP contribution in [0.3, 0.4) is 0 Å². The molecule has 0 spiro atoms. The Bertz CT molecular complexity index is 826. The number of anilines is 2. The lowest BCUT2D eigenvalue weighted by molar-refractivity contribution is -0.121. The summed E-state index contributed by atoms with van der Waals surface area (Å²) in [7, 11) is 0. The molecule has 1 heterocycles. The molecule has 0 aliphatic carbocycles. The molecule has 0 unspecified atom stereocenters. The highest BCUT2D eigenvalue weighted by molar-refractivity contribution is 6.23. The lowest BCUT2D eigenvalue weighted by Crippen LogP contribution is -2.35. The number of amides is 2. The number of nitrogens with one attached hydrogen (secondary N) is 1. The largest absolute Gasteiger partial charge is 0.373 e. The fraction of sp³-hybridized carbons (Fsp3) is 0.300. The summed E-state index contributed by atoms with van der Waals surface area (Å²) >= 11 is 0. The van der Waals surface area contributed by atoms with Crippen LogP contribution >= 0.6 is 0 Å². The second kappa shape index (κ2) is 6.11. The molecule has 124 valence electrons. The first-order valence-corrected chi connectivity index (χ1v) is 8.14. The molecular weight excluding hydrogens is 300 g/mol. The van der Waals surface area contributed by atoms with E-state index in [1.54, 1.807) is 0 Å². The van der Waals surface area contributed by atoms with Gasteiger partial charge >= 0.3 is 0 Å². The number of nitrogens with zero attached hydrogens (tertiary/aromatic N) is 1. The first-order valence-electron chi connectivity index (χ1n) is 8.14. The van der Waals surface area contributed by atoms with E-state index in [9.17, 15) is 9.59 Å². The molecule has 0 radical (unpaired) electrons. The Hall–Kier alpha value is -2.62. The highest BCUT2D eigenvalue weighted by atomic mass is 16.2. The zero-order valence-electron chi connectivity index (χ0n) is 14.5. The molecule has 1 atom stereocenters. The van der Waals surface area contributed by atoms with Crippen LogP contribution in [-0.2, 0) is 9.59 Å². The highest BCUT2D eigenvalue weighted by Gasteiger charge is 2.40. The van der Waals surface area contributed by atoms with E-state index in [-0.39, 0.29) is 18.2 Å². The number of rotatable bonds is 3. The van der Waals surface area contributed by atoms with Crippen molar-refractivity contribution in [2.24, 2.45) is 0 Å². The van der Waals surface area contributed by atoms with Crippen LogP contribution < -0.4 is 10.2 Å². The quantitative estimate of drug-likeness (QED) is 0.877. The molecule has 4 heteroatoms. The van der Waals surface area contributed by atoms with E-state index in [0.29, 0.717) is 5.69 Å². The number of hydrogen-bond donors (Lipinski definition) is 1. The summed E-state index contributed by atoms with van der Waals surface area (Å²) in [6, 6.07) is 11.3. The van der Waals surface area contributed by atoms with E-state index in [4.69, 9.17) is 0 Å². The van der Waals surface area contributed by atoms with Gasteiger partial charge in [-0.05, 0) is 56.5 Å². The van der Waals surface area contributed by atoms with Crippen LogP contribution in [0.4, 0.5) is 11.4 Å². The maximum absolute atomic E-state index is 12.8. The van der Waals surface area contributed by atoms with Crippen LogP contribution in [-0.4, -0.2) is 17.9 Å². The summed E-state index contributed by atoms with van der Waals surface area (Å²) in [5.41, 5.74) is 5.78. The molecule has 3 rings (SSSR count). The van der Waals surface area contributed by atoms with Gasteiger partial charge in [0.2, 0.25) is 5.91 Å². The third-order valence-electron chi connectivity index (χ3n) is 4.46. The van der Waals surface area contributed by atoms with Crippen molar-refractivity contribution in [3.8, 4) is 0 Å². The summed E-state index contributed by atoms with van der Waals surface area (Å²) < 4.78 is 0. The molecule has 0 saturated carbocycles. The Labute approximate surface area is 142 Å². The molecule has 2 aromatic rings. The fourth-order valence-corrected chi connectivity index (χ4v) is 3.12. The summed E-state index contributed by atoms with van der Waals surface area (Å²) in [4.78, 5) is 26.6. The number of imide groups is 1. The Morgan fingerprint density at radius 2 is 1.58 bits per heavy atom. The summed E-state index contributed by atoms with van der Waals surface area (Å²) in [5.74, 6) is -0.343. The number of carbonyl (C=O) groups is 2. The fourth-order valence-electron chi connectivity index (χ4n) is 3.12. The van der Waals surface area contributed by atoms with Crippen molar-refractivity contribution in [2.45, 2.75) is 40.2 Å². The molecule has 2 aromatic carbocycles. The van der Waals surface area contributed by atoms with E-state index in [1.807, 2.05) is 58.0 Å². The Morgan fingerprint density at radius 3 is 2.29 bits per heavy atom. The maximum Gasteiger partial charge on any atom is 0.256 e. The molecule has 4 nitrogen and oxygen atoms in total. The first-order chi connectivity index (χ1) is 11.4. The molecule has 1 aliphatic heterocycles. The van der Waals surface area contributed by atoms with Crippen molar-refractivity contribution in [2.75, 3.05) is 10.2 Å². The lowest BCUT2D eigenvalue weighted by atomic mass is 10.1. The third-order valence-corrected chi connectivity index (χ3v) is 4.46. The lowest BCUT2D eigenvalue weighted by Gasteiger charge is -2.19. The summed E-state index contributed by atoms with van der Waals surface area (Å²) in [6.07, 6.45) is 0.180. The van der Waals surface area contributed by atoms with Gasteiger partial charge in [-0.15, -0.1) is 0 Å². The van der Waals surface area contributed by atoms with Crippen LogP contribution in [0.15, 0.2) is 36.4 Å². The van der Waals surface area contributed by atoms with E-state index >= 15 is 0 Å². The topological polar surface area (TPSA) is 49.4 Å². The number of carbonyl (C=O) groups excluding carboxylic acids is 2. The summed E-state index contributed by atoms with van der Waals surface area (Å²) in [5, 5.41) is 3.24. The summed E-state index contributed by atoms with van der Waals surface area (Å²) in [6.45, 7) is 7.90. The zero-order valence-corrected chi connectivity index (χ0v) is 14.5. The number of benzene rings is 2. The van der Waals surface area contributed by atoms with Crippen molar-refractivity contribution >= 4 is 23.2 Å². The van der Waals surface area contributed by atoms with Crippen molar-refractivity contribution in [3.63, 3.8) is 0 Å². The highest BCUT2D eigenvalue weighted by Crippen LogP contribution is 2.29. The van der Waals surface area contributed by atoms with E-state index in [2.05, 4.69) is 11.4 Å². The molecule has 0 aromatic heterocycles. The molecule has 2 amide bonds. The second-order valence-corrected chi connectivity index (χ2v) is 6.58. The van der Waals surface area contributed by atoms with Crippen LogP contribution in [0, 0.1) is 27.7 Å². The smallest absolute Gasteiger partial charge is 0.256 e. The molecule has 0 bridgehead atoms. The van der Waals surface area contributed by atoms with Gasteiger partial charge in [-0.25, -0.2) is 4.90 Å². The minimum atomic E-state index is -0.515. The molecule has 24 heavy (non-hydrogen) atoms. The van der Waals surface area contributed by atoms with Gasteiger partial charge in [0.05, 0.1) is 12.1 Å². The van der Waals surface area contributed by atoms with Crippen molar-refractivity contribution in [1.82, 2.24) is 0 Å². The SMILES string of the molecule is Cc1ccc(N[C@H]2CC(=O)N(c3cc(C)ccc3C)C2=O)c(C)c1. The predicted molar refractivity (Wildman–Crippen MR) is 96.4 cm³/mol. The molecular formula is C20H22N2O2. The normalized spacial score (nSPS) is 17.5. The van der Waals surface area contributed by atoms with Gasteiger partial charge < -0.3 is 5.32 Å². The van der Waals surface area contributed by atoms with E-state index < -0.39 is 6.04 Å². The van der Waals surface area contributed by atoms with Crippen molar-refractivity contribution < 1.29 is 9.59 Å². The van der Waals surface area contributed by atoms with Crippen molar-refractivity contribution in [3.05, 3.63) is 58.7 Å². The second-order valence-electron chi connectivity index (χ2n) is 6.58. The van der Waals surface area contributed by atoms with Crippen molar-refractivity contribution in [1.29, 1.82) is 0 Å².